The van der Waals surface area contributed by atoms with Gasteiger partial charge in [0.1, 0.15) is 5.75 Å². The summed E-state index contributed by atoms with van der Waals surface area (Å²) in [4.78, 5) is 0. The van der Waals surface area contributed by atoms with E-state index in [0.717, 1.165) is 19.3 Å². The van der Waals surface area contributed by atoms with Crippen molar-refractivity contribution in [2.24, 2.45) is 0 Å². The molecule has 0 saturated heterocycles. The first-order chi connectivity index (χ1) is 8.79. The summed E-state index contributed by atoms with van der Waals surface area (Å²) in [6, 6.07) is 18.2. The molecule has 0 amide bonds. The molecule has 1 unspecified atom stereocenters. The van der Waals surface area contributed by atoms with Crippen LogP contribution in [-0.2, 0) is 6.42 Å². The van der Waals surface area contributed by atoms with Crippen LogP contribution in [0.15, 0.2) is 54.6 Å². The summed E-state index contributed by atoms with van der Waals surface area (Å²) in [6.07, 6.45) is 3.35. The first-order valence-corrected chi connectivity index (χ1v) is 6.62. The first kappa shape index (κ1) is 12.7. The standard InChI is InChI=1S/C17H20O/c1-2-7-15(12-14-8-4-3-5-9-14)16-10-6-11-17(18)13-16/h3-6,8-11,13,15,18H,2,7,12H2,1H3. The van der Waals surface area contributed by atoms with E-state index in [0.29, 0.717) is 11.7 Å². The van der Waals surface area contributed by atoms with Crippen LogP contribution in [0.3, 0.4) is 0 Å². The Kier molecular flexibility index (Phi) is 4.40. The highest BCUT2D eigenvalue weighted by Crippen LogP contribution is 2.27. The lowest BCUT2D eigenvalue weighted by Crippen LogP contribution is -2.02. The largest absolute Gasteiger partial charge is 0.508 e. The molecule has 2 aromatic rings. The third-order valence-corrected chi connectivity index (χ3v) is 3.30. The molecule has 2 aromatic carbocycles. The second-order valence-corrected chi connectivity index (χ2v) is 4.77. The zero-order valence-electron chi connectivity index (χ0n) is 10.8. The van der Waals surface area contributed by atoms with Gasteiger partial charge in [-0.3, -0.25) is 0 Å². The van der Waals surface area contributed by atoms with Gasteiger partial charge in [-0.15, -0.1) is 0 Å². The van der Waals surface area contributed by atoms with Crippen LogP contribution in [0.25, 0.3) is 0 Å². The quantitative estimate of drug-likeness (QED) is 0.814. The lowest BCUT2D eigenvalue weighted by atomic mass is 9.88. The van der Waals surface area contributed by atoms with Crippen molar-refractivity contribution in [1.82, 2.24) is 0 Å². The van der Waals surface area contributed by atoms with E-state index >= 15 is 0 Å². The molecule has 18 heavy (non-hydrogen) atoms. The van der Waals surface area contributed by atoms with Crippen LogP contribution in [0.2, 0.25) is 0 Å². The summed E-state index contributed by atoms with van der Waals surface area (Å²) in [7, 11) is 0. The topological polar surface area (TPSA) is 20.2 Å². The summed E-state index contributed by atoms with van der Waals surface area (Å²) >= 11 is 0. The second-order valence-electron chi connectivity index (χ2n) is 4.77. The molecule has 0 spiro atoms. The fourth-order valence-electron chi connectivity index (χ4n) is 2.41. The maximum Gasteiger partial charge on any atom is 0.115 e. The van der Waals surface area contributed by atoms with Crippen molar-refractivity contribution < 1.29 is 5.11 Å². The molecule has 1 heteroatoms. The molecular formula is C17H20O. The van der Waals surface area contributed by atoms with Crippen molar-refractivity contribution in [3.8, 4) is 5.75 Å². The molecular weight excluding hydrogens is 220 g/mol. The minimum atomic E-state index is 0.363. The van der Waals surface area contributed by atoms with Crippen LogP contribution >= 0.6 is 0 Å². The Morgan fingerprint density at radius 2 is 1.78 bits per heavy atom. The van der Waals surface area contributed by atoms with Gasteiger partial charge in [0.2, 0.25) is 0 Å². The van der Waals surface area contributed by atoms with E-state index in [9.17, 15) is 5.11 Å². The van der Waals surface area contributed by atoms with Crippen molar-refractivity contribution in [2.45, 2.75) is 32.1 Å². The van der Waals surface area contributed by atoms with E-state index in [1.54, 1.807) is 6.07 Å². The SMILES string of the molecule is CCCC(Cc1ccccc1)c1cccc(O)c1. The molecule has 0 aliphatic heterocycles. The van der Waals surface area contributed by atoms with Crippen molar-refractivity contribution in [3.05, 3.63) is 65.7 Å². The molecule has 0 heterocycles. The smallest absolute Gasteiger partial charge is 0.115 e. The summed E-state index contributed by atoms with van der Waals surface area (Å²) in [5, 5.41) is 9.60. The van der Waals surface area contributed by atoms with E-state index in [-0.39, 0.29) is 0 Å². The molecule has 94 valence electrons. The monoisotopic (exact) mass is 240 g/mol. The molecule has 1 atom stereocenters. The minimum absolute atomic E-state index is 0.363. The molecule has 0 radical (unpaired) electrons. The highest BCUT2D eigenvalue weighted by atomic mass is 16.3. The molecule has 0 saturated carbocycles. The van der Waals surface area contributed by atoms with Crippen LogP contribution in [-0.4, -0.2) is 5.11 Å². The van der Waals surface area contributed by atoms with E-state index in [2.05, 4.69) is 37.3 Å². The lowest BCUT2D eigenvalue weighted by Gasteiger charge is -2.17. The fraction of sp³-hybridized carbons (Fsp3) is 0.294. The maximum atomic E-state index is 9.60. The van der Waals surface area contributed by atoms with Crippen LogP contribution in [0.5, 0.6) is 5.75 Å². The van der Waals surface area contributed by atoms with Gasteiger partial charge in [0.05, 0.1) is 0 Å². The highest BCUT2D eigenvalue weighted by molar-refractivity contribution is 5.31. The predicted molar refractivity (Wildman–Crippen MR) is 75.9 cm³/mol. The molecule has 1 N–H and O–H groups in total. The van der Waals surface area contributed by atoms with E-state index in [1.165, 1.54) is 11.1 Å². The Morgan fingerprint density at radius 1 is 1.00 bits per heavy atom. The maximum absolute atomic E-state index is 9.60. The number of hydrogen-bond donors (Lipinski definition) is 1. The van der Waals surface area contributed by atoms with Crippen LogP contribution in [0, 0.1) is 0 Å². The Labute approximate surface area is 109 Å². The second kappa shape index (κ2) is 6.25. The van der Waals surface area contributed by atoms with E-state index in [4.69, 9.17) is 0 Å². The van der Waals surface area contributed by atoms with Crippen molar-refractivity contribution in [3.63, 3.8) is 0 Å². The summed E-state index contributed by atoms with van der Waals surface area (Å²) in [5.74, 6) is 0.853. The highest BCUT2D eigenvalue weighted by Gasteiger charge is 2.11. The molecule has 2 rings (SSSR count). The van der Waals surface area contributed by atoms with Crippen molar-refractivity contribution in [2.75, 3.05) is 0 Å². The van der Waals surface area contributed by atoms with Gasteiger partial charge in [-0.1, -0.05) is 55.8 Å². The summed E-state index contributed by atoms with van der Waals surface area (Å²) in [5.41, 5.74) is 2.60. The number of benzene rings is 2. The van der Waals surface area contributed by atoms with Crippen LogP contribution in [0.1, 0.15) is 36.8 Å². The van der Waals surface area contributed by atoms with Gasteiger partial charge in [0.15, 0.2) is 0 Å². The number of phenols is 1. The van der Waals surface area contributed by atoms with Gasteiger partial charge in [-0.25, -0.2) is 0 Å². The minimum Gasteiger partial charge on any atom is -0.508 e. The van der Waals surface area contributed by atoms with Gasteiger partial charge in [-0.2, -0.15) is 0 Å². The molecule has 0 aliphatic rings. The molecule has 1 nitrogen and oxygen atoms in total. The van der Waals surface area contributed by atoms with Gasteiger partial charge < -0.3 is 5.11 Å². The number of phenolic OH excluding ortho intramolecular Hbond substituents is 1. The Bertz CT molecular complexity index is 476. The first-order valence-electron chi connectivity index (χ1n) is 6.62. The van der Waals surface area contributed by atoms with Gasteiger partial charge >= 0.3 is 0 Å². The average molecular weight is 240 g/mol. The molecule has 0 fully saturated rings. The van der Waals surface area contributed by atoms with Crippen LogP contribution < -0.4 is 0 Å². The van der Waals surface area contributed by atoms with Crippen molar-refractivity contribution >= 4 is 0 Å². The number of aromatic hydroxyl groups is 1. The van der Waals surface area contributed by atoms with Gasteiger partial charge in [0.25, 0.3) is 0 Å². The molecule has 0 aromatic heterocycles. The normalized spacial score (nSPS) is 12.3. The zero-order valence-corrected chi connectivity index (χ0v) is 10.8. The third-order valence-electron chi connectivity index (χ3n) is 3.30. The lowest BCUT2D eigenvalue weighted by molar-refractivity contribution is 0.472. The van der Waals surface area contributed by atoms with E-state index in [1.807, 2.05) is 18.2 Å². The number of rotatable bonds is 5. The zero-order chi connectivity index (χ0) is 12.8. The van der Waals surface area contributed by atoms with Crippen LogP contribution in [0.4, 0.5) is 0 Å². The summed E-state index contributed by atoms with van der Waals surface area (Å²) < 4.78 is 0. The Hall–Kier alpha value is -1.76. The van der Waals surface area contributed by atoms with Gasteiger partial charge in [-0.05, 0) is 42.0 Å². The Balaban J connectivity index is 2.18. The van der Waals surface area contributed by atoms with E-state index < -0.39 is 0 Å². The Morgan fingerprint density at radius 3 is 2.44 bits per heavy atom. The van der Waals surface area contributed by atoms with Gasteiger partial charge in [0, 0.05) is 0 Å². The summed E-state index contributed by atoms with van der Waals surface area (Å²) in [6.45, 7) is 2.21. The third kappa shape index (κ3) is 3.36. The predicted octanol–water partition coefficient (Wildman–Crippen LogP) is 4.52. The molecule has 0 bridgehead atoms. The average Bonchev–Trinajstić information content (AvgIpc) is 2.39. The number of hydrogen-bond acceptors (Lipinski definition) is 1. The molecule has 0 aliphatic carbocycles. The van der Waals surface area contributed by atoms with Crippen molar-refractivity contribution in [1.29, 1.82) is 0 Å². The fourth-order valence-corrected chi connectivity index (χ4v) is 2.41.